The van der Waals surface area contributed by atoms with Crippen molar-refractivity contribution in [1.29, 1.82) is 5.26 Å². The highest BCUT2D eigenvalue weighted by Crippen LogP contribution is 2.38. The molecule has 13 nitrogen and oxygen atoms in total. The Balaban J connectivity index is 0.699. The fourth-order valence-electron chi connectivity index (χ4n) is 10.1. The molecule has 3 aromatic carbocycles. The normalized spacial score (nSPS) is 26.1. The monoisotopic (exact) mass is 817 g/mol. The number of ether oxygens (including phenoxy) is 1. The largest absolute Gasteiger partial charge is 0.490 e. The quantitative estimate of drug-likeness (QED) is 0.282. The summed E-state index contributed by atoms with van der Waals surface area (Å²) in [5.41, 5.74) is 3.81. The molecule has 3 aromatic rings. The summed E-state index contributed by atoms with van der Waals surface area (Å²) in [5.74, 6) is 0.410. The first-order valence-corrected chi connectivity index (χ1v) is 21.3. The zero-order valence-electron chi connectivity index (χ0n) is 32.9. The lowest BCUT2D eigenvalue weighted by molar-refractivity contribution is -0.136. The van der Waals surface area contributed by atoms with E-state index in [1.54, 1.807) is 30.3 Å². The van der Waals surface area contributed by atoms with Crippen LogP contribution in [-0.2, 0) is 9.59 Å². The van der Waals surface area contributed by atoms with E-state index in [4.69, 9.17) is 21.6 Å². The van der Waals surface area contributed by atoms with Gasteiger partial charge in [-0.15, -0.1) is 0 Å². The number of carbonyl (C=O) groups excluding carboxylic acids is 5. The molecule has 6 aliphatic rings. The summed E-state index contributed by atoms with van der Waals surface area (Å²) in [5, 5.41) is 15.0. The molecule has 3 unspecified atom stereocenters. The van der Waals surface area contributed by atoms with Crippen LogP contribution < -0.4 is 25.2 Å². The molecule has 5 amide bonds. The van der Waals surface area contributed by atoms with Crippen molar-refractivity contribution in [2.45, 2.75) is 69.6 Å². The smallest absolute Gasteiger partial charge is 0.262 e. The van der Waals surface area contributed by atoms with Gasteiger partial charge in [-0.3, -0.25) is 34.2 Å². The van der Waals surface area contributed by atoms with Gasteiger partial charge in [0.1, 0.15) is 17.9 Å². The number of carbonyl (C=O) groups is 5. The summed E-state index contributed by atoms with van der Waals surface area (Å²) in [7, 11) is 0. The molecule has 0 aromatic heterocycles. The highest BCUT2D eigenvalue weighted by molar-refractivity contribution is 6.31. The van der Waals surface area contributed by atoms with Crippen molar-refractivity contribution >= 4 is 52.5 Å². The molecule has 306 valence electrons. The predicted molar refractivity (Wildman–Crippen MR) is 220 cm³/mol. The van der Waals surface area contributed by atoms with Gasteiger partial charge < -0.3 is 24.8 Å². The second kappa shape index (κ2) is 16.3. The summed E-state index contributed by atoms with van der Waals surface area (Å²) in [6.45, 7) is 7.00. The lowest BCUT2D eigenvalue weighted by atomic mass is 9.92. The number of hydrogen-bond donors (Lipinski definition) is 2. The van der Waals surface area contributed by atoms with Crippen molar-refractivity contribution in [2.75, 3.05) is 55.6 Å². The number of nitrogens with one attached hydrogen (secondary N) is 2. The number of anilines is 2. The van der Waals surface area contributed by atoms with Crippen LogP contribution >= 0.6 is 11.6 Å². The summed E-state index contributed by atoms with van der Waals surface area (Å²) in [6.07, 6.45) is 5.88. The number of halogens is 1. The molecule has 2 N–H and O–H groups in total. The van der Waals surface area contributed by atoms with Crippen molar-refractivity contribution in [2.24, 2.45) is 17.8 Å². The van der Waals surface area contributed by atoms with E-state index in [-0.39, 0.29) is 36.8 Å². The van der Waals surface area contributed by atoms with Crippen LogP contribution in [0.2, 0.25) is 5.02 Å². The third kappa shape index (κ3) is 8.00. The molecule has 1 saturated carbocycles. The molecule has 0 bridgehead atoms. The lowest BCUT2D eigenvalue weighted by Gasteiger charge is -2.35. The van der Waals surface area contributed by atoms with Crippen molar-refractivity contribution < 1.29 is 28.7 Å². The van der Waals surface area contributed by atoms with Gasteiger partial charge in [-0.1, -0.05) is 11.6 Å². The van der Waals surface area contributed by atoms with Crippen LogP contribution in [-0.4, -0.2) is 103 Å². The number of piperidine rings is 2. The van der Waals surface area contributed by atoms with Gasteiger partial charge in [-0.05, 0) is 117 Å². The summed E-state index contributed by atoms with van der Waals surface area (Å²) < 4.78 is 6.11. The Kier molecular flexibility index (Phi) is 10.8. The van der Waals surface area contributed by atoms with Gasteiger partial charge in [0.2, 0.25) is 11.8 Å². The number of amides is 5. The Bertz CT molecular complexity index is 2200. The van der Waals surface area contributed by atoms with E-state index in [2.05, 4.69) is 43.5 Å². The highest BCUT2D eigenvalue weighted by atomic mass is 35.5. The minimum atomic E-state index is -0.964. The van der Waals surface area contributed by atoms with E-state index in [1.165, 1.54) is 0 Å². The van der Waals surface area contributed by atoms with Gasteiger partial charge in [0.15, 0.2) is 0 Å². The Morgan fingerprint density at radius 1 is 0.797 bits per heavy atom. The van der Waals surface area contributed by atoms with Gasteiger partial charge in [-0.25, -0.2) is 0 Å². The molecule has 9 rings (SSSR count). The van der Waals surface area contributed by atoms with Gasteiger partial charge in [0.25, 0.3) is 17.7 Å². The van der Waals surface area contributed by atoms with Crippen LogP contribution in [0.15, 0.2) is 60.7 Å². The Hall–Kier alpha value is -5.45. The third-order valence-electron chi connectivity index (χ3n) is 13.3. The first kappa shape index (κ1) is 39.0. The Morgan fingerprint density at radius 2 is 1.49 bits per heavy atom. The Labute approximate surface area is 348 Å². The topological polar surface area (TPSA) is 155 Å². The van der Waals surface area contributed by atoms with Crippen LogP contribution in [0, 0.1) is 29.1 Å². The van der Waals surface area contributed by atoms with E-state index in [0.29, 0.717) is 50.8 Å². The molecule has 3 atom stereocenters. The van der Waals surface area contributed by atoms with Gasteiger partial charge in [0.05, 0.1) is 27.8 Å². The molecule has 5 heterocycles. The Morgan fingerprint density at radius 3 is 2.17 bits per heavy atom. The maximum Gasteiger partial charge on any atom is 0.262 e. The number of likely N-dealkylation sites (tertiary alicyclic amines) is 1. The van der Waals surface area contributed by atoms with Crippen LogP contribution in [0.4, 0.5) is 11.4 Å². The van der Waals surface area contributed by atoms with Gasteiger partial charge in [0, 0.05) is 81.3 Å². The zero-order chi connectivity index (χ0) is 40.8. The molecule has 1 aliphatic carbocycles. The van der Waals surface area contributed by atoms with E-state index < -0.39 is 23.8 Å². The second-order valence-electron chi connectivity index (χ2n) is 17.1. The first-order valence-electron chi connectivity index (χ1n) is 20.9. The van der Waals surface area contributed by atoms with E-state index in [0.717, 1.165) is 101 Å². The van der Waals surface area contributed by atoms with Gasteiger partial charge in [-0.2, -0.15) is 5.26 Å². The maximum absolute atomic E-state index is 13.4. The van der Waals surface area contributed by atoms with Crippen LogP contribution in [0.5, 0.6) is 5.75 Å². The fourth-order valence-corrected chi connectivity index (χ4v) is 10.3. The number of nitriles is 1. The highest BCUT2D eigenvalue weighted by Gasteiger charge is 2.46. The lowest BCUT2D eigenvalue weighted by Crippen LogP contribution is -2.54. The molecule has 14 heteroatoms. The summed E-state index contributed by atoms with van der Waals surface area (Å²) >= 11 is 6.16. The average molecular weight is 818 g/mol. The van der Waals surface area contributed by atoms with E-state index in [1.807, 2.05) is 18.2 Å². The molecule has 59 heavy (non-hydrogen) atoms. The van der Waals surface area contributed by atoms with E-state index >= 15 is 0 Å². The SMILES string of the molecule is N#Cc1ccc(O[C@H]2CC[C@H](NC(=O)c3ccc(N4CCC(CN5CC6CN(c7ccc8c(c7)C(=O)N(C7CCC(=O)NC7=O)C8=O)CC6C5)CC4)cc3)CC2)cc1Cl. The maximum atomic E-state index is 13.4. The number of fused-ring (bicyclic) bond motifs is 2. The first-order chi connectivity index (χ1) is 28.6. The number of rotatable bonds is 9. The van der Waals surface area contributed by atoms with E-state index in [9.17, 15) is 24.0 Å². The number of imide groups is 2. The van der Waals surface area contributed by atoms with Crippen LogP contribution in [0.25, 0.3) is 0 Å². The van der Waals surface area contributed by atoms with Gasteiger partial charge >= 0.3 is 0 Å². The van der Waals surface area contributed by atoms with Crippen LogP contribution in [0.1, 0.15) is 88.0 Å². The number of benzene rings is 3. The third-order valence-corrected chi connectivity index (χ3v) is 13.7. The van der Waals surface area contributed by atoms with Crippen molar-refractivity contribution in [1.82, 2.24) is 20.4 Å². The number of nitrogens with zero attached hydrogens (tertiary/aromatic N) is 5. The molecule has 0 radical (unpaired) electrons. The fraction of sp³-hybridized carbons (Fsp3) is 0.467. The molecule has 5 aliphatic heterocycles. The van der Waals surface area contributed by atoms with Crippen molar-refractivity contribution in [3.63, 3.8) is 0 Å². The zero-order valence-corrected chi connectivity index (χ0v) is 33.7. The summed E-state index contributed by atoms with van der Waals surface area (Å²) in [4.78, 5) is 72.2. The van der Waals surface area contributed by atoms with Crippen LogP contribution in [0.3, 0.4) is 0 Å². The minimum absolute atomic E-state index is 0.0470. The predicted octanol–water partition coefficient (Wildman–Crippen LogP) is 5.02. The second-order valence-corrected chi connectivity index (χ2v) is 17.5. The molecular weight excluding hydrogens is 770 g/mol. The number of hydrogen-bond acceptors (Lipinski definition) is 10. The average Bonchev–Trinajstić information content (AvgIpc) is 3.88. The molecular formula is C45H48ClN7O6. The molecule has 4 saturated heterocycles. The van der Waals surface area contributed by atoms with Crippen molar-refractivity contribution in [3.05, 3.63) is 87.9 Å². The molecule has 0 spiro atoms. The molecule has 5 fully saturated rings. The summed E-state index contributed by atoms with van der Waals surface area (Å²) in [6, 6.07) is 19.8. The standard InChI is InChI=1S/C45H48ClN7O6/c46-39-20-36(9-3-29(39)21-47)59-35-10-4-32(5-11-35)48-42(55)28-1-6-33(7-2-28)51-17-15-27(16-18-51)22-50-23-30-25-52(26-31(30)24-50)34-8-12-37-38(19-34)45(58)53(44(37)57)40-13-14-41(54)49-43(40)56/h1-3,6-9,12,19-20,27,30-32,35,40H,4-5,10-11,13-18,22-26H2,(H,48,55)(H,49,54,56)/t30?,31?,32-,35-,40?. The van der Waals surface area contributed by atoms with Crippen molar-refractivity contribution in [3.8, 4) is 11.8 Å². The minimum Gasteiger partial charge on any atom is -0.490 e.